The SMILES string of the molecule is c1cc2cc3c(ccc4ccc5ccc6cc7sccc7cc6c5c43)cc2s1. The predicted octanol–water partition coefficient (Wildman–Crippen LogP) is 8.73. The Morgan fingerprint density at radius 1 is 0.393 bits per heavy atom. The van der Waals surface area contributed by atoms with Gasteiger partial charge in [0.2, 0.25) is 0 Å². The molecule has 0 saturated carbocycles. The van der Waals surface area contributed by atoms with Crippen LogP contribution < -0.4 is 0 Å². The molecule has 2 aromatic heterocycles. The van der Waals surface area contributed by atoms with E-state index in [9.17, 15) is 0 Å². The molecule has 0 unspecified atom stereocenters. The summed E-state index contributed by atoms with van der Waals surface area (Å²) in [4.78, 5) is 0. The standard InChI is InChI=1S/C26H14S2/c1-2-16-4-6-18-14-24-20(8-10-28-24)12-22(18)26(16)25-15(1)3-5-17-13-23-19(7-9-27-23)11-21(17)25/h1-14H. The van der Waals surface area contributed by atoms with Crippen LogP contribution in [0.15, 0.2) is 83.6 Å². The van der Waals surface area contributed by atoms with Crippen molar-refractivity contribution in [3.63, 3.8) is 0 Å². The third-order valence-electron chi connectivity index (χ3n) is 5.94. The number of fused-ring (bicyclic) bond motifs is 9. The van der Waals surface area contributed by atoms with Gasteiger partial charge in [0, 0.05) is 9.40 Å². The first-order chi connectivity index (χ1) is 13.8. The van der Waals surface area contributed by atoms with Crippen LogP contribution in [0.2, 0.25) is 0 Å². The molecule has 0 bridgehead atoms. The van der Waals surface area contributed by atoms with Gasteiger partial charge in [-0.25, -0.2) is 0 Å². The Hall–Kier alpha value is -2.94. The smallest absolute Gasteiger partial charge is 0.0349 e. The number of thiophene rings is 2. The van der Waals surface area contributed by atoms with Crippen LogP contribution in [0.25, 0.3) is 63.3 Å². The predicted molar refractivity (Wildman–Crippen MR) is 127 cm³/mol. The first-order valence-electron chi connectivity index (χ1n) is 9.42. The Morgan fingerprint density at radius 3 is 1.29 bits per heavy atom. The van der Waals surface area contributed by atoms with Crippen molar-refractivity contribution in [3.8, 4) is 0 Å². The molecular weight excluding hydrogens is 376 g/mol. The Labute approximate surface area is 169 Å². The van der Waals surface area contributed by atoms with Gasteiger partial charge in [-0.3, -0.25) is 0 Å². The zero-order chi connectivity index (χ0) is 18.2. The third-order valence-corrected chi connectivity index (χ3v) is 7.70. The molecule has 130 valence electrons. The van der Waals surface area contributed by atoms with Crippen LogP contribution in [-0.2, 0) is 0 Å². The minimum absolute atomic E-state index is 1.31. The van der Waals surface area contributed by atoms with Crippen molar-refractivity contribution in [2.24, 2.45) is 0 Å². The fraction of sp³-hybridized carbons (Fsp3) is 0. The van der Waals surface area contributed by atoms with Gasteiger partial charge in [0.15, 0.2) is 0 Å². The van der Waals surface area contributed by atoms with Gasteiger partial charge in [0.25, 0.3) is 0 Å². The van der Waals surface area contributed by atoms with E-state index in [1.165, 1.54) is 63.3 Å². The molecule has 5 aromatic carbocycles. The van der Waals surface area contributed by atoms with Crippen molar-refractivity contribution >= 4 is 85.9 Å². The summed E-state index contributed by atoms with van der Waals surface area (Å²) in [5.41, 5.74) is 0. The zero-order valence-electron chi connectivity index (χ0n) is 14.9. The van der Waals surface area contributed by atoms with E-state index in [2.05, 4.69) is 83.6 Å². The summed E-state index contributed by atoms with van der Waals surface area (Å²) >= 11 is 3.63. The van der Waals surface area contributed by atoms with Crippen LogP contribution in [-0.4, -0.2) is 0 Å². The highest BCUT2D eigenvalue weighted by molar-refractivity contribution is 7.17. The van der Waals surface area contributed by atoms with Crippen molar-refractivity contribution in [1.29, 1.82) is 0 Å². The van der Waals surface area contributed by atoms with E-state index >= 15 is 0 Å². The second-order valence-electron chi connectivity index (χ2n) is 7.46. The van der Waals surface area contributed by atoms with Crippen molar-refractivity contribution in [2.75, 3.05) is 0 Å². The van der Waals surface area contributed by atoms with E-state index in [4.69, 9.17) is 0 Å². The van der Waals surface area contributed by atoms with Gasteiger partial charge in [-0.05, 0) is 101 Å². The van der Waals surface area contributed by atoms with Crippen LogP contribution in [0.3, 0.4) is 0 Å². The summed E-state index contributed by atoms with van der Waals surface area (Å²) < 4.78 is 2.72. The molecule has 0 aliphatic carbocycles. The van der Waals surface area contributed by atoms with Crippen molar-refractivity contribution in [1.82, 2.24) is 0 Å². The Bertz CT molecular complexity index is 1580. The summed E-state index contributed by atoms with van der Waals surface area (Å²) in [6.07, 6.45) is 0. The van der Waals surface area contributed by atoms with Crippen LogP contribution in [0, 0.1) is 0 Å². The molecule has 0 aliphatic heterocycles. The number of benzene rings is 5. The molecule has 0 nitrogen and oxygen atoms in total. The maximum absolute atomic E-state index is 2.38. The maximum Gasteiger partial charge on any atom is 0.0349 e. The Balaban J connectivity index is 1.81. The van der Waals surface area contributed by atoms with E-state index in [0.717, 1.165) is 0 Å². The van der Waals surface area contributed by atoms with Gasteiger partial charge in [-0.15, -0.1) is 22.7 Å². The molecule has 0 spiro atoms. The molecule has 28 heavy (non-hydrogen) atoms. The van der Waals surface area contributed by atoms with E-state index in [-0.39, 0.29) is 0 Å². The number of rotatable bonds is 0. The third kappa shape index (κ3) is 1.94. The van der Waals surface area contributed by atoms with Crippen LogP contribution in [0.5, 0.6) is 0 Å². The molecule has 0 atom stereocenters. The molecule has 0 amide bonds. The lowest BCUT2D eigenvalue weighted by Gasteiger charge is -2.11. The fourth-order valence-corrected chi connectivity index (χ4v) is 6.25. The molecule has 0 radical (unpaired) electrons. The topological polar surface area (TPSA) is 0 Å². The van der Waals surface area contributed by atoms with Crippen LogP contribution >= 0.6 is 22.7 Å². The van der Waals surface area contributed by atoms with E-state index in [1.54, 1.807) is 0 Å². The molecular formula is C26H14S2. The Morgan fingerprint density at radius 2 is 0.821 bits per heavy atom. The highest BCUT2D eigenvalue weighted by Gasteiger charge is 2.11. The lowest BCUT2D eigenvalue weighted by atomic mass is 9.92. The second-order valence-corrected chi connectivity index (χ2v) is 9.35. The highest BCUT2D eigenvalue weighted by atomic mass is 32.1. The quantitative estimate of drug-likeness (QED) is 0.227. The highest BCUT2D eigenvalue weighted by Crippen LogP contribution is 2.40. The zero-order valence-corrected chi connectivity index (χ0v) is 16.5. The lowest BCUT2D eigenvalue weighted by molar-refractivity contribution is 1.84. The van der Waals surface area contributed by atoms with E-state index in [1.807, 2.05) is 22.7 Å². The minimum Gasteiger partial charge on any atom is -0.144 e. The van der Waals surface area contributed by atoms with Crippen LogP contribution in [0.4, 0.5) is 0 Å². The van der Waals surface area contributed by atoms with E-state index < -0.39 is 0 Å². The normalized spacial score (nSPS) is 12.3. The van der Waals surface area contributed by atoms with Gasteiger partial charge >= 0.3 is 0 Å². The molecule has 2 heterocycles. The summed E-state index contributed by atoms with van der Waals surface area (Å²) in [7, 11) is 0. The average molecular weight is 391 g/mol. The van der Waals surface area contributed by atoms with Crippen molar-refractivity contribution < 1.29 is 0 Å². The van der Waals surface area contributed by atoms with Gasteiger partial charge in [-0.2, -0.15) is 0 Å². The second kappa shape index (κ2) is 5.32. The lowest BCUT2D eigenvalue weighted by Crippen LogP contribution is -1.84. The summed E-state index contributed by atoms with van der Waals surface area (Å²) in [6.45, 7) is 0. The monoisotopic (exact) mass is 390 g/mol. The molecule has 0 aliphatic rings. The summed E-state index contributed by atoms with van der Waals surface area (Å²) in [5, 5.41) is 17.8. The summed E-state index contributed by atoms with van der Waals surface area (Å²) in [5.74, 6) is 0. The molecule has 0 fully saturated rings. The number of hydrogen-bond donors (Lipinski definition) is 0. The van der Waals surface area contributed by atoms with Gasteiger partial charge < -0.3 is 0 Å². The van der Waals surface area contributed by atoms with Gasteiger partial charge in [-0.1, -0.05) is 36.4 Å². The van der Waals surface area contributed by atoms with E-state index in [0.29, 0.717) is 0 Å². The van der Waals surface area contributed by atoms with Gasteiger partial charge in [0.05, 0.1) is 0 Å². The molecule has 7 aromatic rings. The first kappa shape index (κ1) is 15.0. The van der Waals surface area contributed by atoms with Crippen molar-refractivity contribution in [2.45, 2.75) is 0 Å². The Kier molecular flexibility index (Phi) is 2.85. The fourth-order valence-electron chi connectivity index (χ4n) is 4.61. The molecule has 0 N–H and O–H groups in total. The average Bonchev–Trinajstić information content (AvgIpc) is 3.38. The molecule has 2 heteroatoms. The van der Waals surface area contributed by atoms with Gasteiger partial charge in [0.1, 0.15) is 0 Å². The first-order valence-corrected chi connectivity index (χ1v) is 11.2. The summed E-state index contributed by atoms with van der Waals surface area (Å²) in [6, 6.07) is 27.5. The molecule has 7 rings (SSSR count). The largest absolute Gasteiger partial charge is 0.144 e. The maximum atomic E-state index is 2.38. The molecule has 0 saturated heterocycles. The minimum atomic E-state index is 1.31. The number of hydrogen-bond acceptors (Lipinski definition) is 2. The van der Waals surface area contributed by atoms with Crippen LogP contribution in [0.1, 0.15) is 0 Å². The van der Waals surface area contributed by atoms with Crippen molar-refractivity contribution in [3.05, 3.63) is 83.6 Å².